The molecule has 0 unspecified atom stereocenters. The first-order valence-electron chi connectivity index (χ1n) is 5.74. The van der Waals surface area contributed by atoms with Crippen molar-refractivity contribution in [2.75, 3.05) is 6.61 Å². The molecule has 0 radical (unpaired) electrons. The Kier molecular flexibility index (Phi) is 4.08. The third-order valence-corrected chi connectivity index (χ3v) is 2.53. The molecule has 21 heavy (non-hydrogen) atoms. The van der Waals surface area contributed by atoms with Gasteiger partial charge in [0.05, 0.1) is 11.8 Å². The van der Waals surface area contributed by atoms with Gasteiger partial charge in [-0.05, 0) is 23.8 Å². The van der Waals surface area contributed by atoms with Crippen LogP contribution in [0.2, 0.25) is 0 Å². The minimum Gasteiger partial charge on any atom is -0.483 e. The third-order valence-electron chi connectivity index (χ3n) is 2.53. The Labute approximate surface area is 117 Å². The Bertz CT molecular complexity index is 692. The second kappa shape index (κ2) is 5.79. The molecule has 0 N–H and O–H groups in total. The molecule has 0 aliphatic rings. The molecular formula is C14H8F4N2O. The molecule has 0 spiro atoms. The lowest BCUT2D eigenvalue weighted by molar-refractivity contribution is -0.153. The molecule has 0 saturated heterocycles. The van der Waals surface area contributed by atoms with E-state index in [1.165, 1.54) is 30.5 Å². The second-order valence-corrected chi connectivity index (χ2v) is 4.12. The van der Waals surface area contributed by atoms with Crippen LogP contribution in [0.3, 0.4) is 0 Å². The van der Waals surface area contributed by atoms with Gasteiger partial charge in [0.15, 0.2) is 6.61 Å². The highest BCUT2D eigenvalue weighted by molar-refractivity contribution is 5.66. The van der Waals surface area contributed by atoms with E-state index in [2.05, 4.69) is 9.72 Å². The summed E-state index contributed by atoms with van der Waals surface area (Å²) in [6.07, 6.45) is -2.08. The zero-order chi connectivity index (χ0) is 15.5. The quantitative estimate of drug-likeness (QED) is 0.811. The first kappa shape index (κ1) is 14.8. The zero-order valence-electron chi connectivity index (χ0n) is 10.5. The molecule has 1 heterocycles. The Morgan fingerprint density at radius 2 is 1.90 bits per heavy atom. The van der Waals surface area contributed by atoms with Gasteiger partial charge in [0.1, 0.15) is 17.6 Å². The van der Waals surface area contributed by atoms with Crippen LogP contribution in [0.25, 0.3) is 11.1 Å². The molecular weight excluding hydrogens is 288 g/mol. The predicted molar refractivity (Wildman–Crippen MR) is 65.9 cm³/mol. The summed E-state index contributed by atoms with van der Waals surface area (Å²) in [5.74, 6) is -0.730. The molecule has 0 aliphatic carbocycles. The van der Waals surface area contributed by atoms with Gasteiger partial charge in [0, 0.05) is 11.8 Å². The van der Waals surface area contributed by atoms with E-state index in [0.29, 0.717) is 11.1 Å². The van der Waals surface area contributed by atoms with Crippen molar-refractivity contribution in [1.29, 1.82) is 5.26 Å². The normalized spacial score (nSPS) is 11.0. The molecule has 0 saturated carbocycles. The fourth-order valence-corrected chi connectivity index (χ4v) is 1.65. The monoisotopic (exact) mass is 296 g/mol. The van der Waals surface area contributed by atoms with Crippen molar-refractivity contribution in [3.8, 4) is 22.9 Å². The van der Waals surface area contributed by atoms with Crippen LogP contribution in [-0.4, -0.2) is 17.8 Å². The van der Waals surface area contributed by atoms with E-state index in [0.717, 1.165) is 6.20 Å². The molecule has 0 aliphatic heterocycles. The fraction of sp³-hybridized carbons (Fsp3) is 0.143. The van der Waals surface area contributed by atoms with Gasteiger partial charge < -0.3 is 4.74 Å². The molecule has 1 aromatic heterocycles. The number of rotatable bonds is 3. The second-order valence-electron chi connectivity index (χ2n) is 4.12. The smallest absolute Gasteiger partial charge is 0.422 e. The molecule has 0 bridgehead atoms. The number of alkyl halides is 3. The van der Waals surface area contributed by atoms with E-state index in [-0.39, 0.29) is 11.3 Å². The standard InChI is InChI=1S/C14H8F4N2O/c15-12-4-11(6-20-7-12)9-1-2-13(10(3-9)5-19)21-8-14(16,17)18/h1-4,6-7H,8H2. The summed E-state index contributed by atoms with van der Waals surface area (Å²) in [7, 11) is 0. The number of hydrogen-bond donors (Lipinski definition) is 0. The average Bonchev–Trinajstić information content (AvgIpc) is 2.44. The summed E-state index contributed by atoms with van der Waals surface area (Å²) in [4.78, 5) is 3.67. The summed E-state index contributed by atoms with van der Waals surface area (Å²) in [6, 6.07) is 6.95. The van der Waals surface area contributed by atoms with Crippen molar-refractivity contribution in [3.05, 3.63) is 48.0 Å². The number of nitrogens with zero attached hydrogens (tertiary/aromatic N) is 2. The highest BCUT2D eigenvalue weighted by Crippen LogP contribution is 2.27. The third kappa shape index (κ3) is 3.92. The molecule has 0 fully saturated rings. The largest absolute Gasteiger partial charge is 0.483 e. The highest BCUT2D eigenvalue weighted by Gasteiger charge is 2.28. The Hall–Kier alpha value is -2.62. The van der Waals surface area contributed by atoms with Gasteiger partial charge >= 0.3 is 6.18 Å². The lowest BCUT2D eigenvalue weighted by Crippen LogP contribution is -2.19. The fourth-order valence-electron chi connectivity index (χ4n) is 1.65. The van der Waals surface area contributed by atoms with Crippen molar-refractivity contribution < 1.29 is 22.3 Å². The molecule has 0 amide bonds. The van der Waals surface area contributed by atoms with Crippen LogP contribution in [0, 0.1) is 17.1 Å². The first-order chi connectivity index (χ1) is 9.89. The van der Waals surface area contributed by atoms with Crippen molar-refractivity contribution in [2.24, 2.45) is 0 Å². The average molecular weight is 296 g/mol. The molecule has 0 atom stereocenters. The molecule has 108 valence electrons. The summed E-state index contributed by atoms with van der Waals surface area (Å²) < 4.78 is 54.0. The molecule has 1 aromatic carbocycles. The van der Waals surface area contributed by atoms with E-state index < -0.39 is 18.6 Å². The van der Waals surface area contributed by atoms with Crippen LogP contribution in [0.4, 0.5) is 17.6 Å². The van der Waals surface area contributed by atoms with Gasteiger partial charge in [-0.3, -0.25) is 4.98 Å². The maximum atomic E-state index is 13.1. The number of benzene rings is 1. The van der Waals surface area contributed by atoms with Gasteiger partial charge in [0.25, 0.3) is 0 Å². The molecule has 2 rings (SSSR count). The minimum absolute atomic E-state index is 0.0685. The lowest BCUT2D eigenvalue weighted by Gasteiger charge is -2.11. The van der Waals surface area contributed by atoms with E-state index in [1.54, 1.807) is 6.07 Å². The molecule has 2 aromatic rings. The maximum Gasteiger partial charge on any atom is 0.422 e. The van der Waals surface area contributed by atoms with Crippen LogP contribution >= 0.6 is 0 Å². The predicted octanol–water partition coefficient (Wildman–Crippen LogP) is 3.70. The van der Waals surface area contributed by atoms with Gasteiger partial charge in [-0.25, -0.2) is 4.39 Å². The van der Waals surface area contributed by atoms with E-state index in [1.807, 2.05) is 0 Å². The molecule has 7 heteroatoms. The number of aromatic nitrogens is 1. The van der Waals surface area contributed by atoms with Crippen molar-refractivity contribution >= 4 is 0 Å². The summed E-state index contributed by atoms with van der Waals surface area (Å²) >= 11 is 0. The number of ether oxygens (including phenoxy) is 1. The van der Waals surface area contributed by atoms with E-state index in [9.17, 15) is 17.6 Å². The number of halogens is 4. The maximum absolute atomic E-state index is 13.1. The van der Waals surface area contributed by atoms with Crippen molar-refractivity contribution in [3.63, 3.8) is 0 Å². The van der Waals surface area contributed by atoms with E-state index >= 15 is 0 Å². The summed E-state index contributed by atoms with van der Waals surface area (Å²) in [5.41, 5.74) is 0.799. The van der Waals surface area contributed by atoms with Crippen LogP contribution in [0.1, 0.15) is 5.56 Å². The number of hydrogen-bond acceptors (Lipinski definition) is 3. The van der Waals surface area contributed by atoms with Crippen molar-refractivity contribution in [2.45, 2.75) is 6.18 Å². The Morgan fingerprint density at radius 3 is 2.52 bits per heavy atom. The lowest BCUT2D eigenvalue weighted by atomic mass is 10.0. The van der Waals surface area contributed by atoms with E-state index in [4.69, 9.17) is 5.26 Å². The Morgan fingerprint density at radius 1 is 1.14 bits per heavy atom. The van der Waals surface area contributed by atoms with Crippen LogP contribution in [0.15, 0.2) is 36.7 Å². The van der Waals surface area contributed by atoms with Gasteiger partial charge in [0.2, 0.25) is 0 Å². The number of nitriles is 1. The first-order valence-corrected chi connectivity index (χ1v) is 5.74. The molecule has 3 nitrogen and oxygen atoms in total. The van der Waals surface area contributed by atoms with Gasteiger partial charge in [-0.1, -0.05) is 6.07 Å². The van der Waals surface area contributed by atoms with Gasteiger partial charge in [-0.2, -0.15) is 18.4 Å². The zero-order valence-corrected chi connectivity index (χ0v) is 10.5. The SMILES string of the molecule is N#Cc1cc(-c2cncc(F)c2)ccc1OCC(F)(F)F. The summed E-state index contributed by atoms with van der Waals surface area (Å²) in [6.45, 7) is -1.48. The summed E-state index contributed by atoms with van der Waals surface area (Å²) in [5, 5.41) is 8.97. The van der Waals surface area contributed by atoms with Crippen LogP contribution < -0.4 is 4.74 Å². The van der Waals surface area contributed by atoms with Gasteiger partial charge in [-0.15, -0.1) is 0 Å². The number of pyridine rings is 1. The van der Waals surface area contributed by atoms with Crippen LogP contribution in [-0.2, 0) is 0 Å². The van der Waals surface area contributed by atoms with Crippen LogP contribution in [0.5, 0.6) is 5.75 Å². The topological polar surface area (TPSA) is 45.9 Å². The highest BCUT2D eigenvalue weighted by atomic mass is 19.4. The Balaban J connectivity index is 2.31. The minimum atomic E-state index is -4.49. The van der Waals surface area contributed by atoms with Crippen molar-refractivity contribution in [1.82, 2.24) is 4.98 Å².